The number of hydrogen-bond acceptors (Lipinski definition) is 5. The van der Waals surface area contributed by atoms with E-state index < -0.39 is 23.6 Å². The molecule has 8 nitrogen and oxygen atoms in total. The van der Waals surface area contributed by atoms with Gasteiger partial charge in [0.2, 0.25) is 0 Å². The highest BCUT2D eigenvalue weighted by atomic mass is 79.9. The fraction of sp³-hybridized carbons (Fsp3) is 0.214. The lowest BCUT2D eigenvalue weighted by molar-refractivity contribution is -0.130. The van der Waals surface area contributed by atoms with Crippen molar-refractivity contribution in [2.24, 2.45) is 0 Å². The summed E-state index contributed by atoms with van der Waals surface area (Å²) >= 11 is 1.13. The Kier molecular flexibility index (Phi) is 8.34. The van der Waals surface area contributed by atoms with Crippen molar-refractivity contribution in [1.82, 2.24) is 19.4 Å². The second-order valence-corrected chi connectivity index (χ2v) is 10.8. The molecule has 1 amide bonds. The maximum Gasteiger partial charge on any atom is 0.253 e. The monoisotopic (exact) mass is 611 g/mol. The number of nitrogens with one attached hydrogen (secondary N) is 1. The molecular weight excluding hydrogens is 587 g/mol. The standard InChI is InChI=1S/C28H26BrFN4O4S/c1-18-27(35)33(15-14-19-2-4-20(5-3-19)16-31-39(36)37)28(38-18)25-17-34(24-12-8-22(29)9-13-24)32-26(25)21-6-10-23(30)11-7-21/h2-13,17-18,28,31H,14-16H2,1H3,(H,36,37)/p-1/t18-,28+/m0/s1. The highest BCUT2D eigenvalue weighted by Crippen LogP contribution is 2.37. The van der Waals surface area contributed by atoms with Gasteiger partial charge in [-0.3, -0.25) is 9.00 Å². The summed E-state index contributed by atoms with van der Waals surface area (Å²) in [6, 6.07) is 21.3. The lowest BCUT2D eigenvalue weighted by Crippen LogP contribution is -2.32. The van der Waals surface area contributed by atoms with Crippen LogP contribution in [0.2, 0.25) is 0 Å². The molecule has 4 aromatic rings. The Morgan fingerprint density at radius 3 is 2.38 bits per heavy atom. The summed E-state index contributed by atoms with van der Waals surface area (Å²) in [5.74, 6) is -0.474. The molecule has 0 radical (unpaired) electrons. The Labute approximate surface area is 236 Å². The van der Waals surface area contributed by atoms with Crippen LogP contribution in [0.4, 0.5) is 4.39 Å². The first-order valence-corrected chi connectivity index (χ1v) is 14.1. The Morgan fingerprint density at radius 1 is 1.05 bits per heavy atom. The van der Waals surface area contributed by atoms with E-state index >= 15 is 0 Å². The van der Waals surface area contributed by atoms with E-state index in [2.05, 4.69) is 20.7 Å². The topological polar surface area (TPSA) is 99.5 Å². The zero-order valence-electron chi connectivity index (χ0n) is 20.9. The molecule has 39 heavy (non-hydrogen) atoms. The van der Waals surface area contributed by atoms with E-state index in [4.69, 9.17) is 9.84 Å². The second kappa shape index (κ2) is 11.9. The van der Waals surface area contributed by atoms with Crippen molar-refractivity contribution in [3.05, 3.63) is 106 Å². The molecule has 1 saturated heterocycles. The minimum absolute atomic E-state index is 0.125. The van der Waals surface area contributed by atoms with Crippen LogP contribution in [0.5, 0.6) is 0 Å². The molecular formula is C28H25BrFN4O4S-. The lowest BCUT2D eigenvalue weighted by Gasteiger charge is -2.23. The van der Waals surface area contributed by atoms with Crippen LogP contribution in [0.15, 0.2) is 83.5 Å². The summed E-state index contributed by atoms with van der Waals surface area (Å²) < 4.78 is 46.4. The SMILES string of the molecule is C[C@@H]1O[C@H](c2cn(-c3ccc(Br)cc3)nc2-c2ccc(F)cc2)N(CCc2ccc(CNS(=O)[O-])cc2)C1=O. The van der Waals surface area contributed by atoms with Crippen LogP contribution >= 0.6 is 15.9 Å². The van der Waals surface area contributed by atoms with Crippen molar-refractivity contribution < 1.29 is 22.7 Å². The lowest BCUT2D eigenvalue weighted by atomic mass is 10.1. The number of halogens is 2. The van der Waals surface area contributed by atoms with Gasteiger partial charge in [-0.2, -0.15) is 5.10 Å². The molecule has 3 atom stereocenters. The van der Waals surface area contributed by atoms with E-state index in [1.165, 1.54) is 12.1 Å². The van der Waals surface area contributed by atoms with Gasteiger partial charge in [-0.15, -0.1) is 0 Å². The summed E-state index contributed by atoms with van der Waals surface area (Å²) in [4.78, 5) is 14.9. The van der Waals surface area contributed by atoms with Gasteiger partial charge in [-0.05, 0) is 73.0 Å². The van der Waals surface area contributed by atoms with Gasteiger partial charge in [-0.1, -0.05) is 40.2 Å². The first-order valence-electron chi connectivity index (χ1n) is 12.3. The molecule has 1 unspecified atom stereocenters. The normalized spacial score (nSPS) is 18.1. The summed E-state index contributed by atoms with van der Waals surface area (Å²) in [7, 11) is 0. The molecule has 0 saturated carbocycles. The number of aromatic nitrogens is 2. The zero-order chi connectivity index (χ0) is 27.5. The van der Waals surface area contributed by atoms with Gasteiger partial charge in [0.15, 0.2) is 6.23 Å². The molecule has 5 rings (SSSR count). The predicted molar refractivity (Wildman–Crippen MR) is 148 cm³/mol. The molecule has 1 aliphatic rings. The van der Waals surface area contributed by atoms with Crippen LogP contribution in [0.25, 0.3) is 16.9 Å². The third kappa shape index (κ3) is 6.34. The highest BCUT2D eigenvalue weighted by Gasteiger charge is 2.40. The van der Waals surface area contributed by atoms with Crippen LogP contribution < -0.4 is 4.72 Å². The first-order chi connectivity index (χ1) is 18.8. The number of carbonyl (C=O) groups excluding carboxylic acids is 1. The van der Waals surface area contributed by atoms with Gasteiger partial charge in [0.25, 0.3) is 5.91 Å². The molecule has 1 aromatic heterocycles. The molecule has 3 aromatic carbocycles. The smallest absolute Gasteiger partial charge is 0.253 e. The minimum atomic E-state index is -2.32. The molecule has 11 heteroatoms. The van der Waals surface area contributed by atoms with E-state index in [-0.39, 0.29) is 18.3 Å². The van der Waals surface area contributed by atoms with Crippen molar-refractivity contribution in [3.8, 4) is 16.9 Å². The number of hydrogen-bond donors (Lipinski definition) is 1. The fourth-order valence-electron chi connectivity index (χ4n) is 4.48. The van der Waals surface area contributed by atoms with Crippen molar-refractivity contribution in [2.45, 2.75) is 32.2 Å². The van der Waals surface area contributed by atoms with E-state index in [1.54, 1.807) is 28.6 Å². The van der Waals surface area contributed by atoms with Crippen molar-refractivity contribution in [1.29, 1.82) is 0 Å². The Bertz CT molecular complexity index is 1480. The average molecular weight is 613 g/mol. The largest absolute Gasteiger partial charge is 0.760 e. The maximum absolute atomic E-state index is 13.7. The summed E-state index contributed by atoms with van der Waals surface area (Å²) in [5.41, 5.74) is 4.67. The number of rotatable bonds is 9. The molecule has 1 aliphatic heterocycles. The Morgan fingerprint density at radius 2 is 1.72 bits per heavy atom. The molecule has 0 spiro atoms. The van der Waals surface area contributed by atoms with Crippen LogP contribution in [-0.2, 0) is 33.8 Å². The molecule has 1 fully saturated rings. The van der Waals surface area contributed by atoms with Crippen LogP contribution in [0.1, 0.15) is 29.8 Å². The van der Waals surface area contributed by atoms with Crippen LogP contribution in [0, 0.1) is 5.82 Å². The van der Waals surface area contributed by atoms with E-state index in [0.29, 0.717) is 29.8 Å². The van der Waals surface area contributed by atoms with E-state index in [0.717, 1.165) is 21.3 Å². The third-order valence-corrected chi connectivity index (χ3v) is 7.43. The van der Waals surface area contributed by atoms with Crippen molar-refractivity contribution in [3.63, 3.8) is 0 Å². The van der Waals surface area contributed by atoms with E-state index in [1.807, 2.05) is 54.7 Å². The Balaban J connectivity index is 1.43. The predicted octanol–water partition coefficient (Wildman–Crippen LogP) is 4.81. The van der Waals surface area contributed by atoms with Crippen LogP contribution in [0.3, 0.4) is 0 Å². The number of benzene rings is 3. The van der Waals surface area contributed by atoms with Gasteiger partial charge in [0.05, 0.1) is 5.69 Å². The number of ether oxygens (including phenoxy) is 1. The molecule has 0 aliphatic carbocycles. The molecule has 0 bridgehead atoms. The van der Waals surface area contributed by atoms with E-state index in [9.17, 15) is 17.9 Å². The maximum atomic E-state index is 13.7. The van der Waals surface area contributed by atoms with Crippen molar-refractivity contribution >= 4 is 33.1 Å². The van der Waals surface area contributed by atoms with Gasteiger partial charge in [0.1, 0.15) is 17.6 Å². The van der Waals surface area contributed by atoms with Gasteiger partial charge >= 0.3 is 0 Å². The quantitative estimate of drug-likeness (QED) is 0.274. The highest BCUT2D eigenvalue weighted by molar-refractivity contribution is 9.10. The number of nitrogens with zero attached hydrogens (tertiary/aromatic N) is 3. The average Bonchev–Trinajstić information content (AvgIpc) is 3.49. The first kappa shape index (κ1) is 27.4. The summed E-state index contributed by atoms with van der Waals surface area (Å²) in [6.45, 7) is 2.35. The third-order valence-electron chi connectivity index (χ3n) is 6.52. The minimum Gasteiger partial charge on any atom is -0.760 e. The molecule has 2 heterocycles. The summed E-state index contributed by atoms with van der Waals surface area (Å²) in [6.07, 6.45) is 1.12. The molecule has 202 valence electrons. The number of carbonyl (C=O) groups is 1. The second-order valence-electron chi connectivity index (χ2n) is 9.15. The number of amides is 1. The van der Waals surface area contributed by atoms with Gasteiger partial charge in [0, 0.05) is 46.2 Å². The van der Waals surface area contributed by atoms with Gasteiger partial charge < -0.3 is 14.2 Å². The molecule has 1 N–H and O–H groups in total. The van der Waals surface area contributed by atoms with Crippen molar-refractivity contribution in [2.75, 3.05) is 6.54 Å². The fourth-order valence-corrected chi connectivity index (χ4v) is 5.03. The van der Waals surface area contributed by atoms with Gasteiger partial charge in [-0.25, -0.2) is 13.8 Å². The summed E-state index contributed by atoms with van der Waals surface area (Å²) in [5, 5.41) is 4.81. The van der Waals surface area contributed by atoms with Crippen LogP contribution in [-0.4, -0.2) is 42.0 Å². The zero-order valence-corrected chi connectivity index (χ0v) is 23.3. The Hall–Kier alpha value is -3.22.